The molecule has 326 valence electrons. The van der Waals surface area contributed by atoms with Crippen LogP contribution in [0.15, 0.2) is 121 Å². The number of amides is 1. The molecule has 0 aliphatic carbocycles. The third-order valence-electron chi connectivity index (χ3n) is 11.7. The fourth-order valence-electron chi connectivity index (χ4n) is 8.17. The van der Waals surface area contributed by atoms with Crippen molar-refractivity contribution in [2.45, 2.75) is 121 Å². The first-order valence-corrected chi connectivity index (χ1v) is 22.8. The summed E-state index contributed by atoms with van der Waals surface area (Å²) in [5.74, 6) is 0. The zero-order valence-electron chi connectivity index (χ0n) is 36.7. The van der Waals surface area contributed by atoms with Crippen LogP contribution in [0.4, 0.5) is 4.79 Å². The van der Waals surface area contributed by atoms with Gasteiger partial charge in [-0.3, -0.25) is 0 Å². The third kappa shape index (κ3) is 18.9. The summed E-state index contributed by atoms with van der Waals surface area (Å²) in [6, 6.07) is 40.2. The highest BCUT2D eigenvalue weighted by Crippen LogP contribution is 2.23. The number of nitrogens with zero attached hydrogens (tertiary/aromatic N) is 2. The SMILES string of the molecule is CC=O.COC1CCN(CCCCCCCCCCCCN2CCC(OC(=O)NC(c3ccccc3)c3ccccc3)CC2)CC1.NC(c1ccccc1)c1ccccc1. The summed E-state index contributed by atoms with van der Waals surface area (Å²) in [6.45, 7) is 8.37. The number of nitrogens with two attached hydrogens (primary N) is 1. The lowest BCUT2D eigenvalue weighted by atomic mass is 9.99. The number of carbonyl (C=O) groups excluding carboxylic acids is 2. The predicted octanol–water partition coefficient (Wildman–Crippen LogP) is 10.9. The third-order valence-corrected chi connectivity index (χ3v) is 11.7. The molecular weight excluding hydrogens is 745 g/mol. The molecule has 2 aliphatic rings. The van der Waals surface area contributed by atoms with E-state index in [0.717, 1.165) is 54.5 Å². The molecule has 0 spiro atoms. The Labute approximate surface area is 362 Å². The van der Waals surface area contributed by atoms with Gasteiger partial charge in [-0.25, -0.2) is 4.79 Å². The lowest BCUT2D eigenvalue weighted by Gasteiger charge is -2.32. The van der Waals surface area contributed by atoms with Gasteiger partial charge >= 0.3 is 6.09 Å². The molecule has 0 saturated carbocycles. The van der Waals surface area contributed by atoms with Crippen LogP contribution in [0, 0.1) is 0 Å². The molecule has 2 aliphatic heterocycles. The maximum absolute atomic E-state index is 12.9. The lowest BCUT2D eigenvalue weighted by Crippen LogP contribution is -2.40. The van der Waals surface area contributed by atoms with E-state index < -0.39 is 0 Å². The Balaban J connectivity index is 0.000000386. The van der Waals surface area contributed by atoms with Gasteiger partial charge in [-0.05, 0) is 80.8 Å². The number of aldehydes is 1. The molecule has 3 N–H and O–H groups in total. The molecule has 2 saturated heterocycles. The van der Waals surface area contributed by atoms with E-state index in [1.807, 2.05) is 104 Å². The first-order valence-electron chi connectivity index (χ1n) is 22.8. The topological polar surface area (TPSA) is 97.1 Å². The van der Waals surface area contributed by atoms with Crippen molar-refractivity contribution < 1.29 is 19.1 Å². The van der Waals surface area contributed by atoms with E-state index in [-0.39, 0.29) is 24.3 Å². The molecule has 2 fully saturated rings. The van der Waals surface area contributed by atoms with E-state index in [1.54, 1.807) is 0 Å². The van der Waals surface area contributed by atoms with Gasteiger partial charge in [-0.1, -0.05) is 173 Å². The number of piperidine rings is 2. The van der Waals surface area contributed by atoms with E-state index in [2.05, 4.69) is 39.4 Å². The Morgan fingerprint density at radius 2 is 0.900 bits per heavy atom. The summed E-state index contributed by atoms with van der Waals surface area (Å²) in [6.07, 6.45) is 18.9. The first-order chi connectivity index (χ1) is 29.5. The number of benzene rings is 4. The number of nitrogens with one attached hydrogen (secondary N) is 1. The normalized spacial score (nSPS) is 15.1. The van der Waals surface area contributed by atoms with Gasteiger partial charge in [-0.2, -0.15) is 0 Å². The molecule has 0 radical (unpaired) electrons. The Hall–Kier alpha value is -4.34. The van der Waals surface area contributed by atoms with Crippen LogP contribution in [-0.4, -0.2) is 80.8 Å². The molecule has 4 aromatic rings. The van der Waals surface area contributed by atoms with Crippen molar-refractivity contribution in [3.05, 3.63) is 144 Å². The zero-order chi connectivity index (χ0) is 42.5. The average molecular weight is 819 g/mol. The number of alkyl carbamates (subject to hydrolysis) is 1. The van der Waals surface area contributed by atoms with Gasteiger partial charge in [0.1, 0.15) is 12.4 Å². The second-order valence-corrected chi connectivity index (χ2v) is 16.2. The highest BCUT2D eigenvalue weighted by atomic mass is 16.6. The predicted molar refractivity (Wildman–Crippen MR) is 247 cm³/mol. The van der Waals surface area contributed by atoms with Gasteiger partial charge < -0.3 is 35.1 Å². The number of carbonyl (C=O) groups is 2. The second kappa shape index (κ2) is 29.8. The fraction of sp³-hybridized carbons (Fsp3) is 0.500. The molecule has 6 rings (SSSR count). The Kier molecular flexibility index (Phi) is 24.0. The van der Waals surface area contributed by atoms with Crippen LogP contribution in [0.2, 0.25) is 0 Å². The maximum Gasteiger partial charge on any atom is 0.408 e. The summed E-state index contributed by atoms with van der Waals surface area (Å²) in [5.41, 5.74) is 10.5. The first kappa shape index (κ1) is 48.3. The van der Waals surface area contributed by atoms with Crippen LogP contribution >= 0.6 is 0 Å². The summed E-state index contributed by atoms with van der Waals surface area (Å²) < 4.78 is 11.4. The number of hydrogen-bond donors (Lipinski definition) is 2. The molecular formula is C52H74N4O4. The summed E-state index contributed by atoms with van der Waals surface area (Å²) in [5, 5.41) is 3.12. The van der Waals surface area contributed by atoms with E-state index in [4.69, 9.17) is 20.0 Å². The van der Waals surface area contributed by atoms with E-state index in [9.17, 15) is 4.79 Å². The van der Waals surface area contributed by atoms with Crippen molar-refractivity contribution in [3.8, 4) is 0 Å². The Bertz CT molecular complexity index is 1570. The Morgan fingerprint density at radius 1 is 0.583 bits per heavy atom. The summed E-state index contributed by atoms with van der Waals surface area (Å²) in [7, 11) is 1.85. The van der Waals surface area contributed by atoms with Gasteiger partial charge in [0.15, 0.2) is 0 Å². The minimum atomic E-state index is -0.324. The van der Waals surface area contributed by atoms with E-state index in [0.29, 0.717) is 6.10 Å². The van der Waals surface area contributed by atoms with Gasteiger partial charge in [0.25, 0.3) is 0 Å². The molecule has 0 unspecified atom stereocenters. The summed E-state index contributed by atoms with van der Waals surface area (Å²) in [4.78, 5) is 26.8. The Morgan fingerprint density at radius 3 is 1.25 bits per heavy atom. The molecule has 4 aromatic carbocycles. The highest BCUT2D eigenvalue weighted by molar-refractivity contribution is 5.69. The molecule has 8 heteroatoms. The van der Waals surface area contributed by atoms with Crippen molar-refractivity contribution in [1.29, 1.82) is 0 Å². The van der Waals surface area contributed by atoms with Crippen molar-refractivity contribution in [2.24, 2.45) is 5.73 Å². The largest absolute Gasteiger partial charge is 0.446 e. The van der Waals surface area contributed by atoms with Crippen molar-refractivity contribution in [1.82, 2.24) is 15.1 Å². The minimum Gasteiger partial charge on any atom is -0.446 e. The molecule has 1 amide bonds. The van der Waals surface area contributed by atoms with Crippen molar-refractivity contribution in [2.75, 3.05) is 46.4 Å². The summed E-state index contributed by atoms with van der Waals surface area (Å²) >= 11 is 0. The van der Waals surface area contributed by atoms with Crippen LogP contribution in [0.1, 0.15) is 131 Å². The molecule has 60 heavy (non-hydrogen) atoms. The second-order valence-electron chi connectivity index (χ2n) is 16.2. The molecule has 0 atom stereocenters. The number of hydrogen-bond acceptors (Lipinski definition) is 7. The van der Waals surface area contributed by atoms with Crippen LogP contribution < -0.4 is 11.1 Å². The monoisotopic (exact) mass is 819 g/mol. The number of rotatable bonds is 20. The van der Waals surface area contributed by atoms with Gasteiger partial charge in [0.05, 0.1) is 18.2 Å². The highest BCUT2D eigenvalue weighted by Gasteiger charge is 2.24. The van der Waals surface area contributed by atoms with Gasteiger partial charge in [0.2, 0.25) is 0 Å². The fourth-order valence-corrected chi connectivity index (χ4v) is 8.17. The van der Waals surface area contributed by atoms with Gasteiger partial charge in [0, 0.05) is 33.3 Å². The molecule has 8 nitrogen and oxygen atoms in total. The van der Waals surface area contributed by atoms with E-state index >= 15 is 0 Å². The van der Waals surface area contributed by atoms with Crippen molar-refractivity contribution in [3.63, 3.8) is 0 Å². The molecule has 0 bridgehead atoms. The lowest BCUT2D eigenvalue weighted by molar-refractivity contribution is -0.106. The smallest absolute Gasteiger partial charge is 0.408 e. The van der Waals surface area contributed by atoms with E-state index in [1.165, 1.54) is 110 Å². The van der Waals surface area contributed by atoms with Crippen molar-refractivity contribution >= 4 is 12.4 Å². The number of unbranched alkanes of at least 4 members (excludes halogenated alkanes) is 9. The molecule has 2 heterocycles. The number of methoxy groups -OCH3 is 1. The standard InChI is InChI=1S/C37H57N3O3.C13H13N.C2H4O/c1-42-34-22-28-39(29-23-34)26-16-8-6-4-2-3-5-7-9-17-27-40-30-24-35(25-31-40)43-37(41)38-36(32-18-12-10-13-19-32)33-20-14-11-15-21-33;14-13(11-7-3-1-4-8-11)12-9-5-2-6-10-12;1-2-3/h10-15,18-21,34-36H,2-9,16-17,22-31H2,1H3,(H,38,41);1-10,13H,14H2;2H,1H3. The number of likely N-dealkylation sites (tertiary alicyclic amines) is 2. The van der Waals surface area contributed by atoms with Crippen LogP contribution in [0.25, 0.3) is 0 Å². The van der Waals surface area contributed by atoms with Crippen LogP contribution in [0.5, 0.6) is 0 Å². The molecule has 0 aromatic heterocycles. The quantitative estimate of drug-likeness (QED) is 0.0677. The van der Waals surface area contributed by atoms with Crippen LogP contribution in [-0.2, 0) is 14.3 Å². The zero-order valence-corrected chi connectivity index (χ0v) is 36.7. The number of ether oxygens (including phenoxy) is 2. The van der Waals surface area contributed by atoms with Gasteiger partial charge in [-0.15, -0.1) is 0 Å². The maximum atomic E-state index is 12.9. The van der Waals surface area contributed by atoms with Crippen LogP contribution in [0.3, 0.4) is 0 Å². The average Bonchev–Trinajstić information content (AvgIpc) is 3.30. The minimum absolute atomic E-state index is 0.00290.